The van der Waals surface area contributed by atoms with Crippen molar-refractivity contribution >= 4 is 0 Å². The van der Waals surface area contributed by atoms with Crippen LogP contribution < -0.4 is 0 Å². The molecule has 0 aliphatic rings. The number of hydrogen-bond acceptors (Lipinski definition) is 2. The molecule has 0 aliphatic heterocycles. The molecule has 1 aromatic rings. The van der Waals surface area contributed by atoms with E-state index in [0.29, 0.717) is 18.7 Å². The van der Waals surface area contributed by atoms with Crippen LogP contribution in [0.15, 0.2) is 49.6 Å². The van der Waals surface area contributed by atoms with Gasteiger partial charge in [0, 0.05) is 13.1 Å². The smallest absolute Gasteiger partial charge is 0.277 e. The lowest BCUT2D eigenvalue weighted by atomic mass is 10.0. The van der Waals surface area contributed by atoms with Gasteiger partial charge in [0.05, 0.1) is 11.6 Å². The minimum absolute atomic E-state index is 0.450. The van der Waals surface area contributed by atoms with Gasteiger partial charge in [0.1, 0.15) is 6.04 Å². The molecule has 0 saturated carbocycles. The van der Waals surface area contributed by atoms with Gasteiger partial charge in [0.15, 0.2) is 0 Å². The topological polar surface area (TPSA) is 27.0 Å². The summed E-state index contributed by atoms with van der Waals surface area (Å²) in [4.78, 5) is 1.77. The summed E-state index contributed by atoms with van der Waals surface area (Å²) in [6.07, 6.45) is -1.10. The maximum atomic E-state index is 12.5. The highest BCUT2D eigenvalue weighted by Gasteiger charge is 2.30. The molecule has 0 fully saturated rings. The Balaban J connectivity index is 3.03. The third-order valence-corrected chi connectivity index (χ3v) is 2.77. The molecule has 0 aromatic heterocycles. The molecule has 1 aromatic carbocycles. The van der Waals surface area contributed by atoms with E-state index in [1.807, 2.05) is 0 Å². The van der Waals surface area contributed by atoms with Gasteiger partial charge in [-0.25, -0.2) is 0 Å². The average molecular weight is 280 g/mol. The van der Waals surface area contributed by atoms with E-state index in [1.54, 1.807) is 17.1 Å². The van der Waals surface area contributed by atoms with Crippen molar-refractivity contribution in [3.63, 3.8) is 0 Å². The third kappa shape index (κ3) is 3.97. The molecule has 0 bridgehead atoms. The predicted octanol–water partition coefficient (Wildman–Crippen LogP) is 3.94. The van der Waals surface area contributed by atoms with Crippen molar-refractivity contribution in [2.75, 3.05) is 13.1 Å². The van der Waals surface area contributed by atoms with Crippen molar-refractivity contribution in [3.05, 3.63) is 60.7 Å². The molecular formula is C15H15F3N2. The zero-order chi connectivity index (χ0) is 15.2. The minimum Gasteiger partial charge on any atom is -0.277 e. The largest absolute Gasteiger partial charge is 0.416 e. The fourth-order valence-electron chi connectivity index (χ4n) is 1.84. The molecule has 0 spiro atoms. The Bertz CT molecular complexity index is 487. The fraction of sp³-hybridized carbons (Fsp3) is 0.267. The molecule has 5 heteroatoms. The van der Waals surface area contributed by atoms with Gasteiger partial charge in [-0.1, -0.05) is 24.3 Å². The lowest BCUT2D eigenvalue weighted by molar-refractivity contribution is -0.137. The molecule has 2 nitrogen and oxygen atoms in total. The van der Waals surface area contributed by atoms with Crippen molar-refractivity contribution in [3.8, 4) is 6.07 Å². The first-order chi connectivity index (χ1) is 9.43. The summed E-state index contributed by atoms with van der Waals surface area (Å²) in [6, 6.07) is 6.09. The predicted molar refractivity (Wildman–Crippen MR) is 71.8 cm³/mol. The van der Waals surface area contributed by atoms with Crippen LogP contribution in [-0.4, -0.2) is 18.0 Å². The van der Waals surface area contributed by atoms with Gasteiger partial charge in [0.25, 0.3) is 0 Å². The molecule has 0 amide bonds. The summed E-state index contributed by atoms with van der Waals surface area (Å²) in [7, 11) is 0. The summed E-state index contributed by atoms with van der Waals surface area (Å²) in [5, 5.41) is 9.25. The van der Waals surface area contributed by atoms with Crippen LogP contribution in [0, 0.1) is 11.3 Å². The van der Waals surface area contributed by atoms with Crippen LogP contribution in [0.3, 0.4) is 0 Å². The van der Waals surface area contributed by atoms with Crippen molar-refractivity contribution in [1.29, 1.82) is 5.26 Å². The zero-order valence-electron chi connectivity index (χ0n) is 10.9. The van der Waals surface area contributed by atoms with Crippen molar-refractivity contribution < 1.29 is 13.2 Å². The standard InChI is InChI=1S/C15H15F3N2/c1-3-9-20(10-4-2)14(11-19)12-5-7-13(8-6-12)15(16,17)18/h3-8,14H,1-2,9-10H2. The van der Waals surface area contributed by atoms with Crippen molar-refractivity contribution in [1.82, 2.24) is 4.90 Å². The molecule has 0 radical (unpaired) electrons. The molecule has 0 aliphatic carbocycles. The number of nitrogens with zero attached hydrogens (tertiary/aromatic N) is 2. The highest BCUT2D eigenvalue weighted by Crippen LogP contribution is 2.30. The number of benzene rings is 1. The van der Waals surface area contributed by atoms with E-state index in [2.05, 4.69) is 19.2 Å². The third-order valence-electron chi connectivity index (χ3n) is 2.77. The molecule has 0 N–H and O–H groups in total. The van der Waals surface area contributed by atoms with Crippen LogP contribution in [0.1, 0.15) is 17.2 Å². The normalized spacial score (nSPS) is 12.8. The van der Waals surface area contributed by atoms with Gasteiger partial charge in [-0.15, -0.1) is 13.2 Å². The number of alkyl halides is 3. The zero-order valence-corrected chi connectivity index (χ0v) is 10.9. The SMILES string of the molecule is C=CCN(CC=C)C(C#N)c1ccc(C(F)(F)F)cc1. The first-order valence-electron chi connectivity index (χ1n) is 5.96. The summed E-state index contributed by atoms with van der Waals surface area (Å²) in [5.41, 5.74) is -0.207. The lowest BCUT2D eigenvalue weighted by Gasteiger charge is -2.25. The monoisotopic (exact) mass is 280 g/mol. The molecule has 0 heterocycles. The minimum atomic E-state index is -4.37. The number of halogens is 3. The fourth-order valence-corrected chi connectivity index (χ4v) is 1.84. The summed E-state index contributed by atoms with van der Waals surface area (Å²) >= 11 is 0. The van der Waals surface area contributed by atoms with Crippen LogP contribution in [-0.2, 0) is 6.18 Å². The van der Waals surface area contributed by atoms with Crippen LogP contribution in [0.4, 0.5) is 13.2 Å². The average Bonchev–Trinajstić information content (AvgIpc) is 2.39. The number of rotatable bonds is 6. The maximum Gasteiger partial charge on any atom is 0.416 e. The van der Waals surface area contributed by atoms with E-state index in [1.165, 1.54) is 12.1 Å². The molecule has 1 unspecified atom stereocenters. The van der Waals surface area contributed by atoms with Gasteiger partial charge >= 0.3 is 6.18 Å². The van der Waals surface area contributed by atoms with E-state index in [0.717, 1.165) is 12.1 Å². The van der Waals surface area contributed by atoms with E-state index >= 15 is 0 Å². The molecule has 1 atom stereocenters. The Labute approximate surface area is 116 Å². The van der Waals surface area contributed by atoms with Gasteiger partial charge in [-0.3, -0.25) is 4.90 Å². The molecule has 1 rings (SSSR count). The van der Waals surface area contributed by atoms with Crippen molar-refractivity contribution in [2.24, 2.45) is 0 Å². The second-order valence-corrected chi connectivity index (χ2v) is 4.18. The van der Waals surface area contributed by atoms with E-state index in [-0.39, 0.29) is 0 Å². The Morgan fingerprint density at radius 3 is 2.00 bits per heavy atom. The Morgan fingerprint density at radius 1 is 1.15 bits per heavy atom. The molecular weight excluding hydrogens is 265 g/mol. The van der Waals surface area contributed by atoms with E-state index < -0.39 is 17.8 Å². The second kappa shape index (κ2) is 6.92. The van der Waals surface area contributed by atoms with E-state index in [9.17, 15) is 18.4 Å². The summed E-state index contributed by atoms with van der Waals surface area (Å²) in [5.74, 6) is 0. The Kier molecular flexibility index (Phi) is 5.53. The molecule has 106 valence electrons. The van der Waals surface area contributed by atoms with Crippen LogP contribution in [0.2, 0.25) is 0 Å². The maximum absolute atomic E-state index is 12.5. The first-order valence-corrected chi connectivity index (χ1v) is 5.96. The molecule has 20 heavy (non-hydrogen) atoms. The first kappa shape index (κ1) is 16.0. The molecule has 0 saturated heterocycles. The number of nitriles is 1. The second-order valence-electron chi connectivity index (χ2n) is 4.18. The highest BCUT2D eigenvalue weighted by atomic mass is 19.4. The van der Waals surface area contributed by atoms with Gasteiger partial charge in [0.2, 0.25) is 0 Å². The number of hydrogen-bond donors (Lipinski definition) is 0. The Hall–Kier alpha value is -2.06. The quantitative estimate of drug-likeness (QED) is 0.738. The van der Waals surface area contributed by atoms with Gasteiger partial charge in [-0.05, 0) is 17.7 Å². The lowest BCUT2D eigenvalue weighted by Crippen LogP contribution is -2.28. The van der Waals surface area contributed by atoms with Crippen LogP contribution >= 0.6 is 0 Å². The van der Waals surface area contributed by atoms with Crippen LogP contribution in [0.25, 0.3) is 0 Å². The van der Waals surface area contributed by atoms with E-state index in [4.69, 9.17) is 0 Å². The van der Waals surface area contributed by atoms with Crippen LogP contribution in [0.5, 0.6) is 0 Å². The van der Waals surface area contributed by atoms with Crippen molar-refractivity contribution in [2.45, 2.75) is 12.2 Å². The van der Waals surface area contributed by atoms with Gasteiger partial charge < -0.3 is 0 Å². The highest BCUT2D eigenvalue weighted by molar-refractivity contribution is 5.30. The summed E-state index contributed by atoms with van der Waals surface area (Å²) in [6.45, 7) is 8.11. The van der Waals surface area contributed by atoms with Gasteiger partial charge in [-0.2, -0.15) is 18.4 Å². The summed E-state index contributed by atoms with van der Waals surface area (Å²) < 4.78 is 37.5. The Morgan fingerprint density at radius 2 is 1.65 bits per heavy atom.